The second-order valence-electron chi connectivity index (χ2n) is 4.87. The fraction of sp³-hybridized carbons (Fsp3) is 0.235. The van der Waals surface area contributed by atoms with Gasteiger partial charge in [0.2, 0.25) is 0 Å². The number of para-hydroxylation sites is 1. The Morgan fingerprint density at radius 3 is 2.76 bits per heavy atom. The number of aryl methyl sites for hydroxylation is 1. The summed E-state index contributed by atoms with van der Waals surface area (Å²) < 4.78 is 5.51. The second-order valence-corrected chi connectivity index (χ2v) is 4.87. The first-order valence-corrected chi connectivity index (χ1v) is 6.92. The van der Waals surface area contributed by atoms with Crippen LogP contribution in [-0.2, 0) is 17.9 Å². The van der Waals surface area contributed by atoms with E-state index in [0.29, 0.717) is 18.8 Å². The van der Waals surface area contributed by atoms with Crippen LogP contribution in [0.25, 0.3) is 0 Å². The highest BCUT2D eigenvalue weighted by molar-refractivity contribution is 5.77. The van der Waals surface area contributed by atoms with Gasteiger partial charge in [-0.1, -0.05) is 48.0 Å². The highest BCUT2D eigenvalue weighted by Gasteiger charge is 2.05. The van der Waals surface area contributed by atoms with E-state index in [1.807, 2.05) is 55.5 Å². The maximum Gasteiger partial charge on any atom is 0.258 e. The lowest BCUT2D eigenvalue weighted by Crippen LogP contribution is -2.28. The third-order valence-electron chi connectivity index (χ3n) is 3.12. The van der Waals surface area contributed by atoms with E-state index in [1.165, 1.54) is 5.56 Å². The van der Waals surface area contributed by atoms with Crippen molar-refractivity contribution < 1.29 is 9.53 Å². The van der Waals surface area contributed by atoms with Crippen molar-refractivity contribution in [3.8, 4) is 5.75 Å². The normalized spacial score (nSPS) is 10.2. The van der Waals surface area contributed by atoms with Gasteiger partial charge in [0.25, 0.3) is 5.91 Å². The molecule has 2 rings (SSSR count). The van der Waals surface area contributed by atoms with Crippen LogP contribution in [0.2, 0.25) is 0 Å². The molecule has 3 N–H and O–H groups in total. The Bertz CT molecular complexity index is 611. The molecule has 0 spiro atoms. The predicted octanol–water partition coefficient (Wildman–Crippen LogP) is 2.15. The minimum absolute atomic E-state index is 0.0111. The molecule has 0 aromatic heterocycles. The molecule has 0 aliphatic carbocycles. The average molecular weight is 284 g/mol. The highest BCUT2D eigenvalue weighted by atomic mass is 16.5. The summed E-state index contributed by atoms with van der Waals surface area (Å²) in [5.41, 5.74) is 8.77. The summed E-state index contributed by atoms with van der Waals surface area (Å²) in [6.45, 7) is 2.91. The van der Waals surface area contributed by atoms with Crippen molar-refractivity contribution in [3.63, 3.8) is 0 Å². The minimum Gasteiger partial charge on any atom is -0.483 e. The topological polar surface area (TPSA) is 64.3 Å². The fourth-order valence-corrected chi connectivity index (χ4v) is 2.03. The van der Waals surface area contributed by atoms with Crippen LogP contribution in [0.3, 0.4) is 0 Å². The lowest BCUT2D eigenvalue weighted by atomic mass is 10.1. The van der Waals surface area contributed by atoms with Crippen LogP contribution in [0.4, 0.5) is 0 Å². The molecule has 1 amide bonds. The van der Waals surface area contributed by atoms with Gasteiger partial charge in [-0.05, 0) is 18.6 Å². The zero-order valence-corrected chi connectivity index (χ0v) is 12.1. The first-order valence-electron chi connectivity index (χ1n) is 6.92. The van der Waals surface area contributed by atoms with Gasteiger partial charge in [-0.3, -0.25) is 4.79 Å². The van der Waals surface area contributed by atoms with Crippen molar-refractivity contribution in [2.45, 2.75) is 20.0 Å². The molecular weight excluding hydrogens is 264 g/mol. The molecule has 0 saturated heterocycles. The van der Waals surface area contributed by atoms with E-state index in [2.05, 4.69) is 5.32 Å². The van der Waals surface area contributed by atoms with E-state index in [4.69, 9.17) is 10.5 Å². The molecule has 0 saturated carbocycles. The van der Waals surface area contributed by atoms with Crippen LogP contribution in [0.5, 0.6) is 5.75 Å². The Kier molecular flexibility index (Phi) is 5.35. The maximum atomic E-state index is 11.8. The Morgan fingerprint density at radius 2 is 2.00 bits per heavy atom. The number of carbonyl (C=O) groups excluding carboxylic acids is 1. The summed E-state index contributed by atoms with van der Waals surface area (Å²) in [6.07, 6.45) is 0. The molecule has 0 atom stereocenters. The smallest absolute Gasteiger partial charge is 0.258 e. The number of hydrogen-bond donors (Lipinski definition) is 2. The van der Waals surface area contributed by atoms with E-state index >= 15 is 0 Å². The number of benzene rings is 2. The van der Waals surface area contributed by atoms with Crippen molar-refractivity contribution in [3.05, 3.63) is 65.2 Å². The largest absolute Gasteiger partial charge is 0.483 e. The van der Waals surface area contributed by atoms with Crippen LogP contribution in [-0.4, -0.2) is 12.5 Å². The molecule has 2 aromatic rings. The van der Waals surface area contributed by atoms with Gasteiger partial charge in [-0.25, -0.2) is 0 Å². The first-order chi connectivity index (χ1) is 10.2. The van der Waals surface area contributed by atoms with Crippen LogP contribution < -0.4 is 15.8 Å². The van der Waals surface area contributed by atoms with Crippen LogP contribution in [0, 0.1) is 6.92 Å². The van der Waals surface area contributed by atoms with Gasteiger partial charge < -0.3 is 15.8 Å². The Hall–Kier alpha value is -2.33. The molecular formula is C17H20N2O2. The van der Waals surface area contributed by atoms with E-state index < -0.39 is 0 Å². The number of nitrogens with one attached hydrogen (secondary N) is 1. The standard InChI is InChI=1S/C17H20N2O2/c1-13-5-4-6-14(9-13)11-19-17(20)12-21-16-8-3-2-7-15(16)10-18/h2-9H,10-12,18H2,1H3,(H,19,20). The summed E-state index contributed by atoms with van der Waals surface area (Å²) >= 11 is 0. The zero-order valence-electron chi connectivity index (χ0n) is 12.1. The van der Waals surface area contributed by atoms with Crippen LogP contribution in [0.1, 0.15) is 16.7 Å². The molecule has 4 nitrogen and oxygen atoms in total. The van der Waals surface area contributed by atoms with Crippen molar-refractivity contribution in [1.82, 2.24) is 5.32 Å². The second kappa shape index (κ2) is 7.45. The van der Waals surface area contributed by atoms with Crippen LogP contribution in [0.15, 0.2) is 48.5 Å². The molecule has 110 valence electrons. The van der Waals surface area contributed by atoms with Gasteiger partial charge in [-0.15, -0.1) is 0 Å². The average Bonchev–Trinajstić information content (AvgIpc) is 2.51. The third-order valence-corrected chi connectivity index (χ3v) is 3.12. The molecule has 0 aliphatic rings. The van der Waals surface area contributed by atoms with E-state index in [0.717, 1.165) is 11.1 Å². The minimum atomic E-state index is -0.150. The number of amides is 1. The number of hydrogen-bond acceptors (Lipinski definition) is 3. The SMILES string of the molecule is Cc1cccc(CNC(=O)COc2ccccc2CN)c1. The molecule has 4 heteroatoms. The van der Waals surface area contributed by atoms with Gasteiger partial charge in [0, 0.05) is 18.7 Å². The van der Waals surface area contributed by atoms with Crippen molar-refractivity contribution in [1.29, 1.82) is 0 Å². The van der Waals surface area contributed by atoms with E-state index in [1.54, 1.807) is 0 Å². The van der Waals surface area contributed by atoms with Crippen molar-refractivity contribution >= 4 is 5.91 Å². The molecule has 0 unspecified atom stereocenters. The van der Waals surface area contributed by atoms with Gasteiger partial charge in [0.1, 0.15) is 5.75 Å². The Balaban J connectivity index is 1.82. The summed E-state index contributed by atoms with van der Waals surface area (Å²) in [6, 6.07) is 15.5. The molecule has 21 heavy (non-hydrogen) atoms. The summed E-state index contributed by atoms with van der Waals surface area (Å²) in [4.78, 5) is 11.8. The first kappa shape index (κ1) is 15.1. The Morgan fingerprint density at radius 1 is 1.19 bits per heavy atom. The highest BCUT2D eigenvalue weighted by Crippen LogP contribution is 2.16. The predicted molar refractivity (Wildman–Crippen MR) is 82.9 cm³/mol. The van der Waals surface area contributed by atoms with Crippen LogP contribution >= 0.6 is 0 Å². The van der Waals surface area contributed by atoms with Crippen molar-refractivity contribution in [2.75, 3.05) is 6.61 Å². The molecule has 0 radical (unpaired) electrons. The number of ether oxygens (including phenoxy) is 1. The fourth-order valence-electron chi connectivity index (χ4n) is 2.03. The third kappa shape index (κ3) is 4.61. The van der Waals surface area contributed by atoms with Gasteiger partial charge in [0.15, 0.2) is 6.61 Å². The molecule has 0 heterocycles. The van der Waals surface area contributed by atoms with Gasteiger partial charge >= 0.3 is 0 Å². The number of nitrogens with two attached hydrogens (primary N) is 1. The number of carbonyl (C=O) groups is 1. The van der Waals surface area contributed by atoms with Gasteiger partial charge in [0.05, 0.1) is 0 Å². The molecule has 0 aliphatic heterocycles. The van der Waals surface area contributed by atoms with E-state index in [-0.39, 0.29) is 12.5 Å². The lowest BCUT2D eigenvalue weighted by Gasteiger charge is -2.10. The lowest BCUT2D eigenvalue weighted by molar-refractivity contribution is -0.123. The Labute approximate surface area is 124 Å². The quantitative estimate of drug-likeness (QED) is 0.854. The van der Waals surface area contributed by atoms with Gasteiger partial charge in [-0.2, -0.15) is 0 Å². The summed E-state index contributed by atoms with van der Waals surface area (Å²) in [5, 5.41) is 2.84. The van der Waals surface area contributed by atoms with E-state index in [9.17, 15) is 4.79 Å². The van der Waals surface area contributed by atoms with Crippen molar-refractivity contribution in [2.24, 2.45) is 5.73 Å². The molecule has 0 fully saturated rings. The molecule has 2 aromatic carbocycles. The monoisotopic (exact) mass is 284 g/mol. The summed E-state index contributed by atoms with van der Waals surface area (Å²) in [7, 11) is 0. The number of rotatable bonds is 6. The zero-order chi connectivity index (χ0) is 15.1. The molecule has 0 bridgehead atoms. The summed E-state index contributed by atoms with van der Waals surface area (Å²) in [5.74, 6) is 0.508. The maximum absolute atomic E-state index is 11.8.